The third-order valence-electron chi connectivity index (χ3n) is 4.73. The van der Waals surface area contributed by atoms with E-state index in [0.717, 1.165) is 29.3 Å². The summed E-state index contributed by atoms with van der Waals surface area (Å²) in [5.74, 6) is 0.329. The van der Waals surface area contributed by atoms with E-state index in [1.807, 2.05) is 6.20 Å². The first-order chi connectivity index (χ1) is 10.6. The topological polar surface area (TPSA) is 65.1 Å². The molecule has 0 spiro atoms. The summed E-state index contributed by atoms with van der Waals surface area (Å²) in [5.41, 5.74) is 3.27. The number of aromatic nitrogens is 1. The molecule has 3 rings (SSSR count). The normalized spacial score (nSPS) is 17.0. The van der Waals surface area contributed by atoms with Gasteiger partial charge in [0.1, 0.15) is 0 Å². The summed E-state index contributed by atoms with van der Waals surface area (Å²) >= 11 is 0. The highest BCUT2D eigenvalue weighted by Crippen LogP contribution is 2.27. The number of H-pyrrole nitrogens is 1. The van der Waals surface area contributed by atoms with Crippen molar-refractivity contribution in [3.8, 4) is 0 Å². The van der Waals surface area contributed by atoms with E-state index in [9.17, 15) is 9.90 Å². The van der Waals surface area contributed by atoms with Crippen molar-refractivity contribution >= 4 is 16.8 Å². The van der Waals surface area contributed by atoms with Gasteiger partial charge in [-0.05, 0) is 42.9 Å². The van der Waals surface area contributed by atoms with Gasteiger partial charge in [-0.25, -0.2) is 0 Å². The zero-order valence-corrected chi connectivity index (χ0v) is 13.1. The second-order valence-corrected chi connectivity index (χ2v) is 6.46. The number of rotatable bonds is 5. The Morgan fingerprint density at radius 3 is 2.95 bits per heavy atom. The van der Waals surface area contributed by atoms with Gasteiger partial charge in [-0.2, -0.15) is 0 Å². The van der Waals surface area contributed by atoms with Crippen molar-refractivity contribution in [2.24, 2.45) is 5.92 Å². The molecule has 1 heterocycles. The largest absolute Gasteiger partial charge is 0.391 e. The smallest absolute Gasteiger partial charge is 0.224 e. The number of amides is 1. The summed E-state index contributed by atoms with van der Waals surface area (Å²) in [6.45, 7) is 2.42. The molecule has 1 aliphatic carbocycles. The number of benzene rings is 1. The summed E-state index contributed by atoms with van der Waals surface area (Å²) in [6, 6.07) is 6.19. The Labute approximate surface area is 130 Å². The Morgan fingerprint density at radius 2 is 2.18 bits per heavy atom. The number of aromatic amines is 1. The molecule has 2 aromatic rings. The fraction of sp³-hybridized carbons (Fsp3) is 0.500. The number of hydrogen-bond donors (Lipinski definition) is 3. The number of aliphatic hydroxyl groups excluding tert-OH is 1. The minimum atomic E-state index is -0.405. The van der Waals surface area contributed by atoms with Crippen LogP contribution in [0.1, 0.15) is 36.8 Å². The lowest BCUT2D eigenvalue weighted by Gasteiger charge is -2.18. The van der Waals surface area contributed by atoms with Gasteiger partial charge in [0.25, 0.3) is 0 Å². The van der Waals surface area contributed by atoms with Crippen molar-refractivity contribution in [3.05, 3.63) is 35.5 Å². The van der Waals surface area contributed by atoms with Crippen molar-refractivity contribution in [3.63, 3.8) is 0 Å². The molecular formula is C18H24N2O2. The van der Waals surface area contributed by atoms with Crippen molar-refractivity contribution in [1.29, 1.82) is 0 Å². The molecule has 4 heteroatoms. The van der Waals surface area contributed by atoms with Crippen LogP contribution in [0.5, 0.6) is 0 Å². The fourth-order valence-electron chi connectivity index (χ4n) is 3.41. The van der Waals surface area contributed by atoms with Crippen LogP contribution in [-0.4, -0.2) is 28.6 Å². The molecule has 1 saturated carbocycles. The van der Waals surface area contributed by atoms with E-state index in [4.69, 9.17) is 0 Å². The van der Waals surface area contributed by atoms with Gasteiger partial charge in [0, 0.05) is 23.6 Å². The molecule has 118 valence electrons. The maximum Gasteiger partial charge on any atom is 0.224 e. The van der Waals surface area contributed by atoms with Crippen molar-refractivity contribution < 1.29 is 9.90 Å². The van der Waals surface area contributed by atoms with Gasteiger partial charge in [-0.3, -0.25) is 4.79 Å². The Hall–Kier alpha value is -1.81. The van der Waals surface area contributed by atoms with Gasteiger partial charge in [0.05, 0.1) is 12.5 Å². The van der Waals surface area contributed by atoms with Gasteiger partial charge < -0.3 is 15.4 Å². The van der Waals surface area contributed by atoms with E-state index in [0.29, 0.717) is 18.9 Å². The lowest BCUT2D eigenvalue weighted by Crippen LogP contribution is -2.36. The first-order valence-electron chi connectivity index (χ1n) is 8.15. The van der Waals surface area contributed by atoms with Gasteiger partial charge >= 0.3 is 0 Å². The summed E-state index contributed by atoms with van der Waals surface area (Å²) in [7, 11) is 0. The van der Waals surface area contributed by atoms with Crippen LogP contribution in [0, 0.1) is 12.8 Å². The SMILES string of the molecule is Cc1ccc2c(CC(=O)NCC(O)C3CCCC3)c[nH]c2c1. The van der Waals surface area contributed by atoms with E-state index < -0.39 is 6.10 Å². The summed E-state index contributed by atoms with van der Waals surface area (Å²) < 4.78 is 0. The molecule has 1 aromatic heterocycles. The minimum absolute atomic E-state index is 0.0291. The average Bonchev–Trinajstić information content (AvgIpc) is 3.15. The maximum absolute atomic E-state index is 12.1. The monoisotopic (exact) mass is 300 g/mol. The third-order valence-corrected chi connectivity index (χ3v) is 4.73. The van der Waals surface area contributed by atoms with Gasteiger partial charge in [0.15, 0.2) is 0 Å². The second-order valence-electron chi connectivity index (χ2n) is 6.46. The van der Waals surface area contributed by atoms with E-state index in [1.165, 1.54) is 18.4 Å². The Balaban J connectivity index is 1.56. The van der Waals surface area contributed by atoms with E-state index >= 15 is 0 Å². The minimum Gasteiger partial charge on any atom is -0.391 e. The second kappa shape index (κ2) is 6.53. The number of fused-ring (bicyclic) bond motifs is 1. The van der Waals surface area contributed by atoms with Gasteiger partial charge in [-0.1, -0.05) is 25.0 Å². The summed E-state index contributed by atoms with van der Waals surface area (Å²) in [5, 5.41) is 14.1. The molecule has 1 fully saturated rings. The lowest BCUT2D eigenvalue weighted by molar-refractivity contribution is -0.121. The van der Waals surface area contributed by atoms with Crippen LogP contribution in [0.15, 0.2) is 24.4 Å². The molecule has 1 atom stereocenters. The number of carbonyl (C=O) groups is 1. The number of nitrogens with one attached hydrogen (secondary N) is 2. The summed E-state index contributed by atoms with van der Waals surface area (Å²) in [4.78, 5) is 15.3. The fourth-order valence-corrected chi connectivity index (χ4v) is 3.41. The number of carbonyl (C=O) groups excluding carboxylic acids is 1. The lowest BCUT2D eigenvalue weighted by atomic mass is 10.0. The molecule has 1 aromatic carbocycles. The first-order valence-corrected chi connectivity index (χ1v) is 8.15. The predicted molar refractivity (Wildman–Crippen MR) is 87.7 cm³/mol. The van der Waals surface area contributed by atoms with E-state index in [-0.39, 0.29) is 5.91 Å². The first kappa shape index (κ1) is 15.1. The van der Waals surface area contributed by atoms with Gasteiger partial charge in [0.2, 0.25) is 5.91 Å². The maximum atomic E-state index is 12.1. The molecule has 1 aliphatic rings. The quantitative estimate of drug-likeness (QED) is 0.795. The highest BCUT2D eigenvalue weighted by atomic mass is 16.3. The zero-order chi connectivity index (χ0) is 15.5. The molecule has 1 amide bonds. The molecule has 3 N–H and O–H groups in total. The van der Waals surface area contributed by atoms with Crippen LogP contribution in [-0.2, 0) is 11.2 Å². The van der Waals surface area contributed by atoms with Crippen LogP contribution < -0.4 is 5.32 Å². The third kappa shape index (κ3) is 3.33. The zero-order valence-electron chi connectivity index (χ0n) is 13.1. The van der Waals surface area contributed by atoms with Crippen LogP contribution in [0.3, 0.4) is 0 Å². The van der Waals surface area contributed by atoms with Crippen molar-refractivity contribution in [2.45, 2.75) is 45.1 Å². The van der Waals surface area contributed by atoms with Crippen molar-refractivity contribution in [1.82, 2.24) is 10.3 Å². The Morgan fingerprint density at radius 1 is 1.41 bits per heavy atom. The standard InChI is InChI=1S/C18H24N2O2/c1-12-6-7-15-14(10-19-16(15)8-12)9-18(22)20-11-17(21)13-4-2-3-5-13/h6-8,10,13,17,19,21H,2-5,9,11H2,1H3,(H,20,22). The van der Waals surface area contributed by atoms with E-state index in [2.05, 4.69) is 35.4 Å². The number of hydrogen-bond acceptors (Lipinski definition) is 2. The molecule has 0 aliphatic heterocycles. The van der Waals surface area contributed by atoms with Crippen molar-refractivity contribution in [2.75, 3.05) is 6.54 Å². The van der Waals surface area contributed by atoms with E-state index in [1.54, 1.807) is 0 Å². The molecule has 22 heavy (non-hydrogen) atoms. The molecule has 4 nitrogen and oxygen atoms in total. The molecular weight excluding hydrogens is 276 g/mol. The van der Waals surface area contributed by atoms with Crippen LogP contribution in [0.25, 0.3) is 10.9 Å². The average molecular weight is 300 g/mol. The van der Waals surface area contributed by atoms with Crippen LogP contribution in [0.2, 0.25) is 0 Å². The number of aryl methyl sites for hydroxylation is 1. The Kier molecular flexibility index (Phi) is 4.48. The molecule has 1 unspecified atom stereocenters. The predicted octanol–water partition coefficient (Wildman–Crippen LogP) is 2.69. The van der Waals surface area contributed by atoms with Crippen LogP contribution >= 0.6 is 0 Å². The van der Waals surface area contributed by atoms with Gasteiger partial charge in [-0.15, -0.1) is 0 Å². The molecule has 0 radical (unpaired) electrons. The number of aliphatic hydroxyl groups is 1. The molecule has 0 bridgehead atoms. The highest BCUT2D eigenvalue weighted by Gasteiger charge is 2.23. The summed E-state index contributed by atoms with van der Waals surface area (Å²) in [6.07, 6.45) is 6.40. The highest BCUT2D eigenvalue weighted by molar-refractivity contribution is 5.89. The Bertz CT molecular complexity index is 656. The molecule has 0 saturated heterocycles. The van der Waals surface area contributed by atoms with Crippen LogP contribution in [0.4, 0.5) is 0 Å².